The molecule has 0 radical (unpaired) electrons. The molecular formula is C31H38ClFN2O3. The summed E-state index contributed by atoms with van der Waals surface area (Å²) >= 11 is 6.04. The van der Waals surface area contributed by atoms with Gasteiger partial charge in [0.2, 0.25) is 11.8 Å². The first kappa shape index (κ1) is 27.0. The van der Waals surface area contributed by atoms with Gasteiger partial charge in [0.25, 0.3) is 0 Å². The fourth-order valence-electron chi connectivity index (χ4n) is 6.59. The lowest BCUT2D eigenvalue weighted by atomic mass is 9.73. The molecule has 2 aromatic rings. The van der Waals surface area contributed by atoms with Crippen LogP contribution in [0.1, 0.15) is 69.8 Å². The third-order valence-electron chi connectivity index (χ3n) is 8.95. The summed E-state index contributed by atoms with van der Waals surface area (Å²) < 4.78 is 20.4. The predicted molar refractivity (Wildman–Crippen MR) is 147 cm³/mol. The Morgan fingerprint density at radius 2 is 1.53 bits per heavy atom. The van der Waals surface area contributed by atoms with Crippen molar-refractivity contribution in [2.24, 2.45) is 5.41 Å². The van der Waals surface area contributed by atoms with E-state index in [1.54, 1.807) is 18.2 Å². The maximum absolute atomic E-state index is 14.1. The lowest BCUT2D eigenvalue weighted by molar-refractivity contribution is -0.142. The zero-order valence-electron chi connectivity index (χ0n) is 22.1. The molecule has 2 amide bonds. The van der Waals surface area contributed by atoms with E-state index in [0.717, 1.165) is 62.9 Å². The van der Waals surface area contributed by atoms with E-state index < -0.39 is 5.41 Å². The molecule has 2 saturated heterocycles. The lowest BCUT2D eigenvalue weighted by Crippen LogP contribution is -2.52. The minimum Gasteiger partial charge on any atom is -0.493 e. The first-order valence-electron chi connectivity index (χ1n) is 14.1. The Balaban J connectivity index is 1.31. The van der Waals surface area contributed by atoms with Gasteiger partial charge in [-0.1, -0.05) is 36.6 Å². The minimum atomic E-state index is -0.647. The summed E-state index contributed by atoms with van der Waals surface area (Å²) in [5.41, 5.74) is -0.193. The molecular weight excluding hydrogens is 503 g/mol. The van der Waals surface area contributed by atoms with Crippen LogP contribution in [0.2, 0.25) is 5.02 Å². The van der Waals surface area contributed by atoms with E-state index in [0.29, 0.717) is 44.0 Å². The van der Waals surface area contributed by atoms with Crippen LogP contribution in [-0.4, -0.2) is 54.4 Å². The maximum atomic E-state index is 14.1. The van der Waals surface area contributed by atoms with Crippen LogP contribution in [0.15, 0.2) is 48.5 Å². The second kappa shape index (κ2) is 11.6. The highest BCUT2D eigenvalue weighted by Crippen LogP contribution is 2.45. The molecule has 0 N–H and O–H groups in total. The Hall–Kier alpha value is -2.60. The standard InChI is InChI=1S/C31H38ClFN2O3/c32-25-9-11-27(12-10-25)38-23-30(22-28(36)34-17-4-1-5-18-34)15-19-35(20-16-30)29(37)31(13-2-3-14-31)24-7-6-8-26(33)21-24/h6-12,21H,1-5,13-20,22-23H2. The van der Waals surface area contributed by atoms with Crippen molar-refractivity contribution in [2.45, 2.75) is 69.6 Å². The Labute approximate surface area is 230 Å². The number of piperidine rings is 2. The molecule has 38 heavy (non-hydrogen) atoms. The summed E-state index contributed by atoms with van der Waals surface area (Å²) in [6.45, 7) is 3.23. The number of carbonyl (C=O) groups is 2. The Bertz CT molecular complexity index is 1120. The van der Waals surface area contributed by atoms with Gasteiger partial charge in [0, 0.05) is 43.0 Å². The average Bonchev–Trinajstić information content (AvgIpc) is 3.45. The third-order valence-corrected chi connectivity index (χ3v) is 9.20. The van der Waals surface area contributed by atoms with E-state index in [2.05, 4.69) is 0 Å². The van der Waals surface area contributed by atoms with Crippen molar-refractivity contribution < 1.29 is 18.7 Å². The summed E-state index contributed by atoms with van der Waals surface area (Å²) in [4.78, 5) is 31.3. The fraction of sp³-hybridized carbons (Fsp3) is 0.548. The van der Waals surface area contributed by atoms with E-state index in [9.17, 15) is 14.0 Å². The van der Waals surface area contributed by atoms with Crippen LogP contribution < -0.4 is 4.74 Å². The second-order valence-electron chi connectivity index (χ2n) is 11.5. The zero-order chi connectivity index (χ0) is 26.6. The van der Waals surface area contributed by atoms with Gasteiger partial charge in [0.1, 0.15) is 11.6 Å². The molecule has 3 fully saturated rings. The van der Waals surface area contributed by atoms with Crippen molar-refractivity contribution >= 4 is 23.4 Å². The number of hydrogen-bond acceptors (Lipinski definition) is 3. The number of amides is 2. The smallest absolute Gasteiger partial charge is 0.233 e. The number of nitrogens with zero attached hydrogens (tertiary/aromatic N) is 2. The van der Waals surface area contributed by atoms with Crippen LogP contribution in [0.3, 0.4) is 0 Å². The van der Waals surface area contributed by atoms with Gasteiger partial charge >= 0.3 is 0 Å². The van der Waals surface area contributed by atoms with Crippen LogP contribution in [0.5, 0.6) is 5.75 Å². The number of hydrogen-bond donors (Lipinski definition) is 0. The van der Waals surface area contributed by atoms with Crippen LogP contribution in [0.4, 0.5) is 4.39 Å². The fourth-order valence-corrected chi connectivity index (χ4v) is 6.72. The van der Waals surface area contributed by atoms with Crippen LogP contribution in [0.25, 0.3) is 0 Å². The number of halogens is 2. The summed E-state index contributed by atoms with van der Waals surface area (Å²) in [5.74, 6) is 0.731. The van der Waals surface area contributed by atoms with E-state index in [-0.39, 0.29) is 23.0 Å². The second-order valence-corrected chi connectivity index (χ2v) is 11.9. The third kappa shape index (κ3) is 5.85. The average molecular weight is 541 g/mol. The Kier molecular flexibility index (Phi) is 8.27. The molecule has 204 valence electrons. The molecule has 0 unspecified atom stereocenters. The monoisotopic (exact) mass is 540 g/mol. The summed E-state index contributed by atoms with van der Waals surface area (Å²) in [5, 5.41) is 0.651. The van der Waals surface area contributed by atoms with E-state index in [4.69, 9.17) is 16.3 Å². The van der Waals surface area contributed by atoms with E-state index in [1.165, 1.54) is 18.6 Å². The molecule has 2 aliphatic heterocycles. The molecule has 1 saturated carbocycles. The summed E-state index contributed by atoms with van der Waals surface area (Å²) in [6, 6.07) is 13.9. The van der Waals surface area contributed by atoms with Gasteiger partial charge in [-0.2, -0.15) is 0 Å². The highest BCUT2D eigenvalue weighted by Gasteiger charge is 2.47. The zero-order valence-corrected chi connectivity index (χ0v) is 22.9. The van der Waals surface area contributed by atoms with Crippen LogP contribution >= 0.6 is 11.6 Å². The highest BCUT2D eigenvalue weighted by atomic mass is 35.5. The molecule has 0 spiro atoms. The molecule has 5 rings (SSSR count). The number of rotatable bonds is 7. The Morgan fingerprint density at radius 3 is 2.18 bits per heavy atom. The molecule has 2 heterocycles. The minimum absolute atomic E-state index is 0.107. The van der Waals surface area contributed by atoms with Crippen molar-refractivity contribution in [2.75, 3.05) is 32.8 Å². The molecule has 0 aromatic heterocycles. The van der Waals surface area contributed by atoms with Crippen molar-refractivity contribution in [3.63, 3.8) is 0 Å². The van der Waals surface area contributed by atoms with Gasteiger partial charge in [-0.25, -0.2) is 4.39 Å². The van der Waals surface area contributed by atoms with Gasteiger partial charge in [-0.15, -0.1) is 0 Å². The summed E-state index contributed by atoms with van der Waals surface area (Å²) in [7, 11) is 0. The number of ether oxygens (including phenoxy) is 1. The lowest BCUT2D eigenvalue weighted by Gasteiger charge is -2.44. The van der Waals surface area contributed by atoms with Gasteiger partial charge in [0.05, 0.1) is 12.0 Å². The molecule has 1 aliphatic carbocycles. The van der Waals surface area contributed by atoms with Crippen molar-refractivity contribution in [3.05, 3.63) is 64.9 Å². The van der Waals surface area contributed by atoms with E-state index in [1.807, 2.05) is 28.0 Å². The predicted octanol–water partition coefficient (Wildman–Crippen LogP) is 6.38. The SMILES string of the molecule is O=C(CC1(COc2ccc(Cl)cc2)CCN(C(=O)C2(c3cccc(F)c3)CCCC2)CC1)N1CCCCC1. The van der Waals surface area contributed by atoms with E-state index >= 15 is 0 Å². The normalized spacial score (nSPS) is 20.8. The highest BCUT2D eigenvalue weighted by molar-refractivity contribution is 6.30. The Morgan fingerprint density at radius 1 is 0.842 bits per heavy atom. The first-order valence-corrected chi connectivity index (χ1v) is 14.5. The summed E-state index contributed by atoms with van der Waals surface area (Å²) in [6.07, 6.45) is 8.58. The van der Waals surface area contributed by atoms with Crippen molar-refractivity contribution in [1.82, 2.24) is 9.80 Å². The molecule has 7 heteroatoms. The first-order chi connectivity index (χ1) is 18.4. The molecule has 3 aliphatic rings. The molecule has 0 atom stereocenters. The number of benzene rings is 2. The van der Waals surface area contributed by atoms with Gasteiger partial charge in [-0.05, 0) is 86.9 Å². The number of carbonyl (C=O) groups excluding carboxylic acids is 2. The largest absolute Gasteiger partial charge is 0.493 e. The molecule has 0 bridgehead atoms. The van der Waals surface area contributed by atoms with Gasteiger partial charge in [0.15, 0.2) is 0 Å². The van der Waals surface area contributed by atoms with Crippen LogP contribution in [-0.2, 0) is 15.0 Å². The van der Waals surface area contributed by atoms with Crippen molar-refractivity contribution in [1.29, 1.82) is 0 Å². The maximum Gasteiger partial charge on any atom is 0.233 e. The quantitative estimate of drug-likeness (QED) is 0.409. The number of likely N-dealkylation sites (tertiary alicyclic amines) is 2. The topological polar surface area (TPSA) is 49.9 Å². The van der Waals surface area contributed by atoms with Gasteiger partial charge < -0.3 is 14.5 Å². The van der Waals surface area contributed by atoms with Crippen LogP contribution in [0, 0.1) is 11.2 Å². The molecule has 2 aromatic carbocycles. The van der Waals surface area contributed by atoms with Crippen molar-refractivity contribution in [3.8, 4) is 5.75 Å². The van der Waals surface area contributed by atoms with Gasteiger partial charge in [-0.3, -0.25) is 9.59 Å². The molecule has 5 nitrogen and oxygen atoms in total.